The van der Waals surface area contributed by atoms with E-state index in [4.69, 9.17) is 0 Å². The van der Waals surface area contributed by atoms with Gasteiger partial charge in [-0.15, -0.1) is 0 Å². The molecule has 0 saturated heterocycles. The molecule has 0 atom stereocenters. The minimum Gasteiger partial charge on any atom is -0.331 e. The van der Waals surface area contributed by atoms with Crippen LogP contribution in [0.25, 0.3) is 12.8 Å². The van der Waals surface area contributed by atoms with E-state index in [-0.39, 0.29) is 0 Å². The molecule has 2 heterocycles. The molecule has 0 fully saturated rings. The molecule has 1 aliphatic heterocycles. The first kappa shape index (κ1) is 6.09. The Morgan fingerprint density at radius 3 is 3.18 bits per heavy atom. The summed E-state index contributed by atoms with van der Waals surface area (Å²) in [6.45, 7) is 3.85. The second-order valence-corrected chi connectivity index (χ2v) is 2.28. The first-order chi connectivity index (χ1) is 5.38. The molecule has 54 valence electrons. The number of hydrogen-bond donors (Lipinski definition) is 1. The highest BCUT2D eigenvalue weighted by molar-refractivity contribution is 5.78. The lowest BCUT2D eigenvalue weighted by Crippen LogP contribution is -2.29. The number of aliphatic imine (C=N–C) groups is 1. The van der Waals surface area contributed by atoms with Crippen molar-refractivity contribution in [1.82, 2.24) is 4.98 Å². The van der Waals surface area contributed by atoms with Crippen molar-refractivity contribution < 1.29 is 0 Å². The predicted octanol–water partition coefficient (Wildman–Crippen LogP) is -0.316. The number of rotatable bonds is 0. The van der Waals surface area contributed by atoms with Crippen LogP contribution in [0.3, 0.4) is 0 Å². The van der Waals surface area contributed by atoms with Crippen LogP contribution in [-0.4, -0.2) is 11.3 Å². The molecular formula is C8H7N3. The van der Waals surface area contributed by atoms with Crippen molar-refractivity contribution in [3.63, 3.8) is 0 Å². The molecule has 2 rings (SSSR count). The minimum atomic E-state index is 0.826. The predicted molar refractivity (Wildman–Crippen MR) is 45.6 cm³/mol. The molecule has 0 spiro atoms. The van der Waals surface area contributed by atoms with Crippen molar-refractivity contribution in [2.45, 2.75) is 0 Å². The molecule has 0 saturated carbocycles. The van der Waals surface area contributed by atoms with Crippen LogP contribution in [0.2, 0.25) is 0 Å². The van der Waals surface area contributed by atoms with Crippen LogP contribution in [0.1, 0.15) is 0 Å². The molecule has 0 unspecified atom stereocenters. The Bertz CT molecular complexity index is 406. The van der Waals surface area contributed by atoms with Gasteiger partial charge in [-0.05, 0) is 11.3 Å². The van der Waals surface area contributed by atoms with E-state index >= 15 is 0 Å². The van der Waals surface area contributed by atoms with E-state index in [0.717, 1.165) is 16.3 Å². The molecule has 0 aliphatic carbocycles. The standard InChI is InChI=1S/C8H7N3/c1-6-2-3-10-8-7(6)4-9-5-11-8/h2-5H,1H2,(H,9,10,11). The second-order valence-electron chi connectivity index (χ2n) is 2.28. The maximum atomic E-state index is 4.11. The van der Waals surface area contributed by atoms with Gasteiger partial charge in [0.25, 0.3) is 0 Å². The third-order valence-corrected chi connectivity index (χ3v) is 1.56. The van der Waals surface area contributed by atoms with E-state index in [0.29, 0.717) is 0 Å². The van der Waals surface area contributed by atoms with Gasteiger partial charge in [-0.25, -0.2) is 9.98 Å². The molecule has 3 nitrogen and oxygen atoms in total. The van der Waals surface area contributed by atoms with E-state index in [1.165, 1.54) is 0 Å². The molecule has 11 heavy (non-hydrogen) atoms. The molecule has 0 amide bonds. The largest absolute Gasteiger partial charge is 0.331 e. The van der Waals surface area contributed by atoms with Crippen LogP contribution in [-0.2, 0) is 0 Å². The average molecular weight is 145 g/mol. The first-order valence-electron chi connectivity index (χ1n) is 3.30. The van der Waals surface area contributed by atoms with E-state index in [1.54, 1.807) is 18.7 Å². The van der Waals surface area contributed by atoms with Gasteiger partial charge in [0.15, 0.2) is 0 Å². The van der Waals surface area contributed by atoms with Crippen molar-refractivity contribution in [2.24, 2.45) is 4.99 Å². The quantitative estimate of drug-likeness (QED) is 0.543. The summed E-state index contributed by atoms with van der Waals surface area (Å²) in [7, 11) is 0. The fourth-order valence-corrected chi connectivity index (χ4v) is 0.982. The smallest absolute Gasteiger partial charge is 0.140 e. The molecule has 0 radical (unpaired) electrons. The van der Waals surface area contributed by atoms with Crippen molar-refractivity contribution in [1.29, 1.82) is 0 Å². The highest BCUT2D eigenvalue weighted by Crippen LogP contribution is 1.90. The minimum absolute atomic E-state index is 0.826. The highest BCUT2D eigenvalue weighted by Gasteiger charge is 1.96. The van der Waals surface area contributed by atoms with Gasteiger partial charge >= 0.3 is 0 Å². The zero-order chi connectivity index (χ0) is 7.68. The van der Waals surface area contributed by atoms with Crippen molar-refractivity contribution in [3.05, 3.63) is 22.7 Å². The van der Waals surface area contributed by atoms with Gasteiger partial charge in [-0.3, -0.25) is 0 Å². The molecule has 0 aromatic carbocycles. The summed E-state index contributed by atoms with van der Waals surface area (Å²) in [6.07, 6.45) is 5.08. The van der Waals surface area contributed by atoms with Gasteiger partial charge < -0.3 is 5.32 Å². The van der Waals surface area contributed by atoms with Crippen molar-refractivity contribution in [2.75, 3.05) is 5.32 Å². The summed E-state index contributed by atoms with van der Waals surface area (Å²) in [5, 5.41) is 4.84. The fourth-order valence-electron chi connectivity index (χ4n) is 0.982. The number of fused-ring (bicyclic) bond motifs is 1. The topological polar surface area (TPSA) is 37.3 Å². The Kier molecular flexibility index (Phi) is 1.22. The number of pyridine rings is 1. The van der Waals surface area contributed by atoms with Gasteiger partial charge in [0.2, 0.25) is 0 Å². The lowest BCUT2D eigenvalue weighted by molar-refractivity contribution is 1.26. The Morgan fingerprint density at radius 1 is 1.45 bits per heavy atom. The fraction of sp³-hybridized carbons (Fsp3) is 0. The number of nitrogens with zero attached hydrogens (tertiary/aromatic N) is 2. The SMILES string of the molecule is C=c1ccnc2c1=CN=CN2. The van der Waals surface area contributed by atoms with Crippen LogP contribution >= 0.6 is 0 Å². The molecular weight excluding hydrogens is 138 g/mol. The summed E-state index contributed by atoms with van der Waals surface area (Å²) in [6, 6.07) is 1.86. The third-order valence-electron chi connectivity index (χ3n) is 1.56. The van der Waals surface area contributed by atoms with Gasteiger partial charge in [0, 0.05) is 17.6 Å². The van der Waals surface area contributed by atoms with E-state index in [9.17, 15) is 0 Å². The number of nitrogens with one attached hydrogen (secondary N) is 1. The Labute approximate surface area is 63.8 Å². The Hall–Kier alpha value is -1.64. The van der Waals surface area contributed by atoms with E-state index < -0.39 is 0 Å². The van der Waals surface area contributed by atoms with E-state index in [1.807, 2.05) is 6.07 Å². The number of hydrogen-bond acceptors (Lipinski definition) is 3. The molecule has 0 bridgehead atoms. The van der Waals surface area contributed by atoms with Gasteiger partial charge in [-0.2, -0.15) is 0 Å². The van der Waals surface area contributed by atoms with E-state index in [2.05, 4.69) is 21.9 Å². The number of aromatic nitrogens is 1. The van der Waals surface area contributed by atoms with Crippen LogP contribution in [0, 0.1) is 0 Å². The molecule has 1 aromatic heterocycles. The van der Waals surface area contributed by atoms with Gasteiger partial charge in [0.05, 0.1) is 6.34 Å². The zero-order valence-electron chi connectivity index (χ0n) is 5.91. The zero-order valence-corrected chi connectivity index (χ0v) is 5.91. The number of anilines is 1. The molecule has 1 aliphatic rings. The summed E-state index contributed by atoms with van der Waals surface area (Å²) in [5.41, 5.74) is 0. The normalized spacial score (nSPS) is 13.1. The van der Waals surface area contributed by atoms with Gasteiger partial charge in [0.1, 0.15) is 5.82 Å². The summed E-state index contributed by atoms with van der Waals surface area (Å²) < 4.78 is 0. The summed E-state index contributed by atoms with van der Waals surface area (Å²) >= 11 is 0. The highest BCUT2D eigenvalue weighted by atomic mass is 15.0. The first-order valence-corrected chi connectivity index (χ1v) is 3.30. The van der Waals surface area contributed by atoms with Gasteiger partial charge in [-0.1, -0.05) is 6.58 Å². The van der Waals surface area contributed by atoms with Crippen molar-refractivity contribution >= 4 is 24.9 Å². The lowest BCUT2D eigenvalue weighted by Gasteiger charge is -2.02. The maximum absolute atomic E-state index is 4.11. The lowest BCUT2D eigenvalue weighted by atomic mass is 10.3. The maximum Gasteiger partial charge on any atom is 0.140 e. The van der Waals surface area contributed by atoms with Crippen molar-refractivity contribution in [3.8, 4) is 0 Å². The summed E-state index contributed by atoms with van der Waals surface area (Å²) in [4.78, 5) is 8.04. The monoisotopic (exact) mass is 145 g/mol. The molecule has 1 N–H and O–H groups in total. The van der Waals surface area contributed by atoms with Crippen LogP contribution in [0.5, 0.6) is 0 Å². The molecule has 3 heteroatoms. The Morgan fingerprint density at radius 2 is 2.36 bits per heavy atom. The van der Waals surface area contributed by atoms with Crippen LogP contribution in [0.4, 0.5) is 5.82 Å². The Balaban J connectivity index is 2.88. The third kappa shape index (κ3) is 0.902. The van der Waals surface area contributed by atoms with Crippen LogP contribution < -0.4 is 15.8 Å². The summed E-state index contributed by atoms with van der Waals surface area (Å²) in [5.74, 6) is 0.826. The second kappa shape index (κ2) is 2.20. The average Bonchev–Trinajstić information content (AvgIpc) is 2.06. The molecule has 1 aromatic rings. The van der Waals surface area contributed by atoms with Crippen LogP contribution in [0.15, 0.2) is 17.3 Å².